The lowest BCUT2D eigenvalue weighted by Gasteiger charge is -2.28. The normalized spacial score (nSPS) is 15.3. The highest BCUT2D eigenvalue weighted by Gasteiger charge is 2.39. The summed E-state index contributed by atoms with van der Waals surface area (Å²) in [5.41, 5.74) is 5.90. The van der Waals surface area contributed by atoms with Crippen LogP contribution < -0.4 is 5.73 Å². The van der Waals surface area contributed by atoms with Gasteiger partial charge in [-0.3, -0.25) is 0 Å². The van der Waals surface area contributed by atoms with Gasteiger partial charge in [-0.15, -0.1) is 0 Å². The number of aryl methyl sites for hydroxylation is 1. The van der Waals surface area contributed by atoms with Crippen molar-refractivity contribution in [1.29, 1.82) is 0 Å². The molecule has 15 heavy (non-hydrogen) atoms. The van der Waals surface area contributed by atoms with Crippen molar-refractivity contribution >= 4 is 9.84 Å². The molecule has 0 spiro atoms. The van der Waals surface area contributed by atoms with E-state index in [4.69, 9.17) is 10.2 Å². The van der Waals surface area contributed by atoms with Crippen molar-refractivity contribution in [3.63, 3.8) is 0 Å². The number of furan rings is 1. The summed E-state index contributed by atoms with van der Waals surface area (Å²) in [7, 11) is -3.23. The maximum Gasteiger partial charge on any atom is 0.154 e. The number of rotatable bonds is 3. The zero-order valence-corrected chi connectivity index (χ0v) is 10.3. The summed E-state index contributed by atoms with van der Waals surface area (Å²) in [6.07, 6.45) is 1.18. The van der Waals surface area contributed by atoms with E-state index in [0.29, 0.717) is 5.76 Å². The molecule has 5 heteroatoms. The van der Waals surface area contributed by atoms with Crippen LogP contribution >= 0.6 is 0 Å². The van der Waals surface area contributed by atoms with Crippen LogP contribution in [-0.2, 0) is 9.84 Å². The monoisotopic (exact) mass is 231 g/mol. The minimum absolute atomic E-state index is 0.503. The Labute approximate surface area is 90.4 Å². The van der Waals surface area contributed by atoms with Gasteiger partial charge in [0.15, 0.2) is 9.84 Å². The summed E-state index contributed by atoms with van der Waals surface area (Å²) in [4.78, 5) is 0. The molecule has 2 N–H and O–H groups in total. The van der Waals surface area contributed by atoms with Gasteiger partial charge < -0.3 is 10.2 Å². The molecule has 0 aliphatic rings. The van der Waals surface area contributed by atoms with E-state index in [1.54, 1.807) is 32.9 Å². The summed E-state index contributed by atoms with van der Waals surface area (Å²) in [6, 6.07) is 2.83. The first-order valence-electron chi connectivity index (χ1n) is 4.68. The molecule has 0 saturated carbocycles. The van der Waals surface area contributed by atoms with Crippen molar-refractivity contribution in [2.24, 2.45) is 5.73 Å². The number of hydrogen-bond donors (Lipinski definition) is 1. The van der Waals surface area contributed by atoms with Gasteiger partial charge >= 0.3 is 0 Å². The second-order valence-electron chi connectivity index (χ2n) is 4.30. The lowest BCUT2D eigenvalue weighted by molar-refractivity contribution is 0.397. The molecule has 1 aromatic heterocycles. The molecule has 0 saturated heterocycles. The van der Waals surface area contributed by atoms with Gasteiger partial charge in [-0.1, -0.05) is 0 Å². The lowest BCUT2D eigenvalue weighted by Crippen LogP contribution is -2.42. The SMILES string of the molecule is Cc1ccc(C(N)C(C)(C)S(C)(=O)=O)o1. The molecule has 1 rings (SSSR count). The molecule has 1 atom stereocenters. The Morgan fingerprint density at radius 2 is 1.93 bits per heavy atom. The van der Waals surface area contributed by atoms with E-state index in [1.807, 2.05) is 0 Å². The molecular weight excluding hydrogens is 214 g/mol. The highest BCUT2D eigenvalue weighted by molar-refractivity contribution is 7.92. The predicted molar refractivity (Wildman–Crippen MR) is 59.3 cm³/mol. The molecule has 0 amide bonds. The average molecular weight is 231 g/mol. The van der Waals surface area contributed by atoms with Gasteiger partial charge in [0.2, 0.25) is 0 Å². The van der Waals surface area contributed by atoms with E-state index in [-0.39, 0.29) is 0 Å². The van der Waals surface area contributed by atoms with Gasteiger partial charge in [-0.05, 0) is 32.9 Å². The first-order chi connectivity index (χ1) is 6.66. The molecule has 0 aliphatic heterocycles. The summed E-state index contributed by atoms with van der Waals surface area (Å²) < 4.78 is 27.4. The van der Waals surface area contributed by atoms with Gasteiger partial charge in [-0.2, -0.15) is 0 Å². The van der Waals surface area contributed by atoms with Gasteiger partial charge in [0.05, 0.1) is 10.8 Å². The van der Waals surface area contributed by atoms with Crippen LogP contribution in [0.2, 0.25) is 0 Å². The predicted octanol–water partition coefficient (Wildman–Crippen LogP) is 1.41. The second kappa shape index (κ2) is 3.64. The Balaban J connectivity index is 3.10. The summed E-state index contributed by atoms with van der Waals surface area (Å²) in [6.45, 7) is 5.00. The maximum atomic E-state index is 11.6. The number of hydrogen-bond acceptors (Lipinski definition) is 4. The Morgan fingerprint density at radius 3 is 2.27 bits per heavy atom. The first-order valence-corrected chi connectivity index (χ1v) is 6.57. The van der Waals surface area contributed by atoms with Gasteiger partial charge in [0.25, 0.3) is 0 Å². The number of sulfone groups is 1. The zero-order valence-electron chi connectivity index (χ0n) is 9.44. The van der Waals surface area contributed by atoms with E-state index in [2.05, 4.69) is 0 Å². The van der Waals surface area contributed by atoms with E-state index in [0.717, 1.165) is 5.76 Å². The Morgan fingerprint density at radius 1 is 1.40 bits per heavy atom. The third kappa shape index (κ3) is 2.23. The molecule has 1 heterocycles. The minimum Gasteiger partial charge on any atom is -0.465 e. The molecular formula is C10H17NO3S. The molecule has 0 fully saturated rings. The van der Waals surface area contributed by atoms with Crippen LogP contribution in [0.3, 0.4) is 0 Å². The van der Waals surface area contributed by atoms with Gasteiger partial charge in [0, 0.05) is 6.26 Å². The van der Waals surface area contributed by atoms with E-state index >= 15 is 0 Å². The minimum atomic E-state index is -3.23. The maximum absolute atomic E-state index is 11.6. The highest BCUT2D eigenvalue weighted by Crippen LogP contribution is 2.30. The van der Waals surface area contributed by atoms with Crippen molar-refractivity contribution < 1.29 is 12.8 Å². The fourth-order valence-electron chi connectivity index (χ4n) is 1.19. The molecule has 86 valence electrons. The summed E-state index contributed by atoms with van der Waals surface area (Å²) in [5, 5.41) is 0. The molecule has 0 radical (unpaired) electrons. The largest absolute Gasteiger partial charge is 0.465 e. The quantitative estimate of drug-likeness (QED) is 0.853. The van der Waals surface area contributed by atoms with E-state index in [9.17, 15) is 8.42 Å². The zero-order chi connectivity index (χ0) is 11.9. The van der Waals surface area contributed by atoms with Crippen molar-refractivity contribution in [1.82, 2.24) is 0 Å². The lowest BCUT2D eigenvalue weighted by atomic mass is 10.0. The van der Waals surface area contributed by atoms with Crippen molar-refractivity contribution in [3.05, 3.63) is 23.7 Å². The topological polar surface area (TPSA) is 73.3 Å². The van der Waals surface area contributed by atoms with Gasteiger partial charge in [-0.25, -0.2) is 8.42 Å². The number of nitrogens with two attached hydrogens (primary N) is 1. The van der Waals surface area contributed by atoms with Crippen LogP contribution in [-0.4, -0.2) is 19.4 Å². The summed E-state index contributed by atoms with van der Waals surface area (Å²) >= 11 is 0. The van der Waals surface area contributed by atoms with E-state index in [1.165, 1.54) is 6.26 Å². The fourth-order valence-corrected chi connectivity index (χ4v) is 1.77. The average Bonchev–Trinajstić information content (AvgIpc) is 2.48. The van der Waals surface area contributed by atoms with Crippen molar-refractivity contribution in [3.8, 4) is 0 Å². The van der Waals surface area contributed by atoms with Crippen molar-refractivity contribution in [2.45, 2.75) is 31.6 Å². The third-order valence-corrected chi connectivity index (χ3v) is 4.94. The molecule has 0 aromatic carbocycles. The summed E-state index contributed by atoms with van der Waals surface area (Å²) in [5.74, 6) is 1.23. The van der Waals surface area contributed by atoms with Gasteiger partial charge in [0.1, 0.15) is 11.5 Å². The smallest absolute Gasteiger partial charge is 0.154 e. The van der Waals surface area contributed by atoms with Crippen LogP contribution in [0.25, 0.3) is 0 Å². The van der Waals surface area contributed by atoms with Crippen LogP contribution in [0.4, 0.5) is 0 Å². The first kappa shape index (κ1) is 12.3. The molecule has 1 aromatic rings. The Kier molecular flexibility index (Phi) is 2.98. The van der Waals surface area contributed by atoms with E-state index < -0.39 is 20.6 Å². The molecule has 4 nitrogen and oxygen atoms in total. The van der Waals surface area contributed by atoms with Crippen LogP contribution in [0.15, 0.2) is 16.5 Å². The van der Waals surface area contributed by atoms with Crippen molar-refractivity contribution in [2.75, 3.05) is 6.26 Å². The van der Waals surface area contributed by atoms with Crippen LogP contribution in [0.1, 0.15) is 31.4 Å². The second-order valence-corrected chi connectivity index (χ2v) is 6.90. The molecule has 0 aliphatic carbocycles. The highest BCUT2D eigenvalue weighted by atomic mass is 32.2. The molecule has 0 bridgehead atoms. The standard InChI is InChI=1S/C10H17NO3S/c1-7-5-6-8(14-7)9(11)10(2,3)15(4,12)13/h5-6,9H,11H2,1-4H3. The van der Waals surface area contributed by atoms with Crippen LogP contribution in [0, 0.1) is 6.92 Å². The third-order valence-electron chi connectivity index (χ3n) is 2.77. The Hall–Kier alpha value is -0.810. The fraction of sp³-hybridized carbons (Fsp3) is 0.600. The Bertz CT molecular complexity index is 445. The molecule has 1 unspecified atom stereocenters. The van der Waals surface area contributed by atoms with Crippen LogP contribution in [0.5, 0.6) is 0 Å².